The first-order valence-corrected chi connectivity index (χ1v) is 5.84. The van der Waals surface area contributed by atoms with E-state index >= 15 is 0 Å². The van der Waals surface area contributed by atoms with Crippen LogP contribution in [-0.2, 0) is 6.54 Å². The Morgan fingerprint density at radius 3 is 3.06 bits per heavy atom. The third-order valence-electron chi connectivity index (χ3n) is 2.86. The summed E-state index contributed by atoms with van der Waals surface area (Å²) < 4.78 is 20.9. The van der Waals surface area contributed by atoms with Gasteiger partial charge in [0.1, 0.15) is 5.82 Å². The number of nitrogens with one attached hydrogen (secondary N) is 1. The van der Waals surface area contributed by atoms with Crippen molar-refractivity contribution in [1.29, 1.82) is 0 Å². The highest BCUT2D eigenvalue weighted by Gasteiger charge is 2.09. The first-order chi connectivity index (χ1) is 8.65. The van der Waals surface area contributed by atoms with E-state index < -0.39 is 0 Å². The normalized spacial score (nSPS) is 11.2. The second-order valence-corrected chi connectivity index (χ2v) is 4.50. The molecule has 0 aliphatic rings. The Labute approximate surface area is 107 Å². The van der Waals surface area contributed by atoms with Crippen LogP contribution in [0.2, 0.25) is 0 Å². The zero-order valence-corrected chi connectivity index (χ0v) is 10.4. The number of nitrogens with zero attached hydrogens (tertiary/aromatic N) is 2. The summed E-state index contributed by atoms with van der Waals surface area (Å²) in [4.78, 5) is 2.98. The van der Waals surface area contributed by atoms with Crippen LogP contribution in [0, 0.1) is 17.5 Å². The Morgan fingerprint density at radius 2 is 2.33 bits per heavy atom. The van der Waals surface area contributed by atoms with E-state index in [2.05, 4.69) is 10.1 Å². The van der Waals surface area contributed by atoms with E-state index in [-0.39, 0.29) is 5.82 Å². The van der Waals surface area contributed by atoms with Gasteiger partial charge in [0, 0.05) is 6.07 Å². The Hall–Kier alpha value is -1.95. The zero-order chi connectivity index (χ0) is 12.7. The van der Waals surface area contributed by atoms with Crippen molar-refractivity contribution < 1.29 is 8.91 Å². The SMILES string of the molecule is Cc1cc2c(cc1F)[nH]c(=S)n2Cc1ccno1. The van der Waals surface area contributed by atoms with Crippen LogP contribution in [0.25, 0.3) is 11.0 Å². The standard InChI is InChI=1S/C12H10FN3OS/c1-7-4-11-10(5-9(7)13)15-12(18)16(11)6-8-2-3-14-17-8/h2-5H,6H2,1H3,(H,15,18). The number of H-pyrrole nitrogens is 1. The van der Waals surface area contributed by atoms with Crippen molar-refractivity contribution in [3.8, 4) is 0 Å². The second kappa shape index (κ2) is 4.06. The fourth-order valence-electron chi connectivity index (χ4n) is 1.92. The van der Waals surface area contributed by atoms with Crippen molar-refractivity contribution in [2.45, 2.75) is 13.5 Å². The highest BCUT2D eigenvalue weighted by Crippen LogP contribution is 2.19. The Balaban J connectivity index is 2.19. The lowest BCUT2D eigenvalue weighted by molar-refractivity contribution is 0.377. The number of imidazole rings is 1. The summed E-state index contributed by atoms with van der Waals surface area (Å²) in [5, 5.41) is 3.65. The molecule has 0 fully saturated rings. The minimum absolute atomic E-state index is 0.245. The lowest BCUT2D eigenvalue weighted by atomic mass is 10.2. The molecule has 0 aliphatic carbocycles. The van der Waals surface area contributed by atoms with E-state index in [4.69, 9.17) is 16.7 Å². The molecule has 0 radical (unpaired) electrons. The second-order valence-electron chi connectivity index (χ2n) is 4.11. The molecular weight excluding hydrogens is 253 g/mol. The minimum Gasteiger partial charge on any atom is -0.359 e. The van der Waals surface area contributed by atoms with Gasteiger partial charge in [-0.3, -0.25) is 0 Å². The molecule has 92 valence electrons. The average molecular weight is 263 g/mol. The molecule has 0 saturated carbocycles. The van der Waals surface area contributed by atoms with E-state index in [9.17, 15) is 4.39 Å². The molecule has 6 heteroatoms. The van der Waals surface area contributed by atoms with Crippen molar-refractivity contribution in [3.63, 3.8) is 0 Å². The van der Waals surface area contributed by atoms with E-state index in [1.165, 1.54) is 6.07 Å². The molecule has 0 unspecified atom stereocenters. The van der Waals surface area contributed by atoms with E-state index in [1.54, 1.807) is 25.3 Å². The number of benzene rings is 1. The maximum absolute atomic E-state index is 13.5. The zero-order valence-electron chi connectivity index (χ0n) is 9.61. The van der Waals surface area contributed by atoms with Crippen LogP contribution in [-0.4, -0.2) is 14.7 Å². The van der Waals surface area contributed by atoms with Gasteiger partial charge in [-0.25, -0.2) is 4.39 Å². The first-order valence-electron chi connectivity index (χ1n) is 5.43. The fourth-order valence-corrected chi connectivity index (χ4v) is 2.19. The molecule has 3 rings (SSSR count). The van der Waals surface area contributed by atoms with Gasteiger partial charge in [-0.05, 0) is 36.8 Å². The molecule has 0 amide bonds. The minimum atomic E-state index is -0.245. The first kappa shape index (κ1) is 11.2. The summed E-state index contributed by atoms with van der Waals surface area (Å²) in [5.41, 5.74) is 2.13. The number of rotatable bonds is 2. The molecule has 2 heterocycles. The van der Waals surface area contributed by atoms with Crippen LogP contribution in [0.4, 0.5) is 4.39 Å². The Bertz CT molecular complexity index is 758. The Kier molecular flexibility index (Phi) is 2.52. The summed E-state index contributed by atoms with van der Waals surface area (Å²) in [7, 11) is 0. The molecule has 3 aromatic rings. The maximum Gasteiger partial charge on any atom is 0.178 e. The number of hydrogen-bond acceptors (Lipinski definition) is 3. The third kappa shape index (κ3) is 1.74. The topological polar surface area (TPSA) is 46.8 Å². The third-order valence-corrected chi connectivity index (χ3v) is 3.18. The van der Waals surface area contributed by atoms with Gasteiger partial charge in [0.15, 0.2) is 10.5 Å². The predicted octanol–water partition coefficient (Wildman–Crippen LogP) is 3.18. The van der Waals surface area contributed by atoms with Gasteiger partial charge >= 0.3 is 0 Å². The predicted molar refractivity (Wildman–Crippen MR) is 67.4 cm³/mol. The van der Waals surface area contributed by atoms with Crippen LogP contribution in [0.3, 0.4) is 0 Å². The van der Waals surface area contributed by atoms with Crippen molar-refractivity contribution >= 4 is 23.3 Å². The Morgan fingerprint density at radius 1 is 1.50 bits per heavy atom. The van der Waals surface area contributed by atoms with Crippen molar-refractivity contribution in [1.82, 2.24) is 14.7 Å². The van der Waals surface area contributed by atoms with Crippen LogP contribution < -0.4 is 0 Å². The summed E-state index contributed by atoms with van der Waals surface area (Å²) in [5.74, 6) is 0.458. The lowest BCUT2D eigenvalue weighted by Crippen LogP contribution is -1.98. The van der Waals surface area contributed by atoms with E-state index in [1.807, 2.05) is 4.57 Å². The molecule has 18 heavy (non-hydrogen) atoms. The van der Waals surface area contributed by atoms with Crippen molar-refractivity contribution in [3.05, 3.63) is 46.3 Å². The monoisotopic (exact) mass is 263 g/mol. The van der Waals surface area contributed by atoms with Gasteiger partial charge in [0.05, 0.1) is 23.8 Å². The summed E-state index contributed by atoms with van der Waals surface area (Å²) in [6.07, 6.45) is 1.58. The lowest BCUT2D eigenvalue weighted by Gasteiger charge is -2.02. The van der Waals surface area contributed by atoms with Crippen LogP contribution >= 0.6 is 12.2 Å². The highest BCUT2D eigenvalue weighted by molar-refractivity contribution is 7.71. The smallest absolute Gasteiger partial charge is 0.178 e. The van der Waals surface area contributed by atoms with Gasteiger partial charge in [0.2, 0.25) is 0 Å². The van der Waals surface area contributed by atoms with Crippen molar-refractivity contribution in [2.24, 2.45) is 0 Å². The molecular formula is C12H10FN3OS. The van der Waals surface area contributed by atoms with Gasteiger partial charge in [-0.1, -0.05) is 5.16 Å². The van der Waals surface area contributed by atoms with E-state index in [0.29, 0.717) is 28.2 Å². The van der Waals surface area contributed by atoms with Gasteiger partial charge in [-0.15, -0.1) is 0 Å². The molecule has 0 spiro atoms. The van der Waals surface area contributed by atoms with Crippen LogP contribution in [0.5, 0.6) is 0 Å². The number of aryl methyl sites for hydroxylation is 1. The van der Waals surface area contributed by atoms with Crippen molar-refractivity contribution in [2.75, 3.05) is 0 Å². The fraction of sp³-hybridized carbons (Fsp3) is 0.167. The quantitative estimate of drug-likeness (QED) is 0.722. The highest BCUT2D eigenvalue weighted by atomic mass is 32.1. The van der Waals surface area contributed by atoms with Gasteiger partial charge in [0.25, 0.3) is 0 Å². The molecule has 0 bridgehead atoms. The number of fused-ring (bicyclic) bond motifs is 1. The molecule has 0 atom stereocenters. The number of aromatic nitrogens is 3. The molecule has 0 saturated heterocycles. The van der Waals surface area contributed by atoms with Crippen LogP contribution in [0.15, 0.2) is 28.9 Å². The number of halogens is 1. The van der Waals surface area contributed by atoms with Crippen LogP contribution in [0.1, 0.15) is 11.3 Å². The average Bonchev–Trinajstić information content (AvgIpc) is 2.92. The largest absolute Gasteiger partial charge is 0.359 e. The summed E-state index contributed by atoms with van der Waals surface area (Å²) >= 11 is 5.24. The molecule has 2 aromatic heterocycles. The van der Waals surface area contributed by atoms with Gasteiger partial charge < -0.3 is 14.1 Å². The summed E-state index contributed by atoms with van der Waals surface area (Å²) in [6.45, 7) is 2.20. The number of aromatic amines is 1. The molecule has 1 aromatic carbocycles. The van der Waals surface area contributed by atoms with Gasteiger partial charge in [-0.2, -0.15) is 0 Å². The maximum atomic E-state index is 13.5. The number of hydrogen-bond donors (Lipinski definition) is 1. The molecule has 0 aliphatic heterocycles. The molecule has 1 N–H and O–H groups in total. The molecule has 4 nitrogen and oxygen atoms in total. The van der Waals surface area contributed by atoms with E-state index in [0.717, 1.165) is 5.52 Å². The summed E-state index contributed by atoms with van der Waals surface area (Å²) in [6, 6.07) is 5.00.